The minimum Gasteiger partial charge on any atom is -0.469 e. The monoisotopic (exact) mass is 328 g/mol. The Morgan fingerprint density at radius 3 is 2.81 bits per heavy atom. The molecule has 114 valence electrons. The molecule has 0 unspecified atom stereocenters. The molecule has 6 nitrogen and oxygen atoms in total. The summed E-state index contributed by atoms with van der Waals surface area (Å²) in [6, 6.07) is 4.96. The molecule has 8 heteroatoms. The van der Waals surface area contributed by atoms with Crippen LogP contribution in [0, 0.1) is 0 Å². The predicted octanol–water partition coefficient (Wildman–Crippen LogP) is 1.69. The van der Waals surface area contributed by atoms with E-state index in [0.29, 0.717) is 19.4 Å². The summed E-state index contributed by atoms with van der Waals surface area (Å²) >= 11 is 1.03. The Morgan fingerprint density at radius 1 is 1.48 bits per heavy atom. The second-order valence-corrected chi connectivity index (χ2v) is 7.48. The zero-order chi connectivity index (χ0) is 15.5. The topological polar surface area (TPSA) is 93.6 Å². The van der Waals surface area contributed by atoms with Crippen molar-refractivity contribution in [3.63, 3.8) is 0 Å². The Labute approximate surface area is 127 Å². The summed E-state index contributed by atoms with van der Waals surface area (Å²) in [5.74, 6) is 0.203. The van der Waals surface area contributed by atoms with Gasteiger partial charge in [-0.2, -0.15) is 0 Å². The molecule has 0 aliphatic rings. The molecule has 0 saturated heterocycles. The number of sulfonamides is 1. The summed E-state index contributed by atoms with van der Waals surface area (Å²) in [4.78, 5) is 11.4. The summed E-state index contributed by atoms with van der Waals surface area (Å²) in [5.41, 5.74) is 5.13. The lowest BCUT2D eigenvalue weighted by Crippen LogP contribution is -2.28. The standard InChI is InChI=1S/C13H16N2O4S2/c1-15(6-2-4-10-5-3-7-19-10)21(17,18)11-8-12(13(14)16)20-9-11/h3,5,7-9H,2,4,6H2,1H3,(H2,14,16). The highest BCUT2D eigenvalue weighted by Gasteiger charge is 2.22. The molecule has 0 bridgehead atoms. The van der Waals surface area contributed by atoms with Gasteiger partial charge in [0.25, 0.3) is 5.91 Å². The van der Waals surface area contributed by atoms with Crippen molar-refractivity contribution in [2.45, 2.75) is 17.7 Å². The van der Waals surface area contributed by atoms with Crippen LogP contribution in [-0.2, 0) is 16.4 Å². The first kappa shape index (κ1) is 15.7. The number of carbonyl (C=O) groups excluding carboxylic acids is 1. The minimum atomic E-state index is -3.59. The van der Waals surface area contributed by atoms with E-state index in [0.717, 1.165) is 17.1 Å². The van der Waals surface area contributed by atoms with Crippen LogP contribution < -0.4 is 5.73 Å². The minimum absolute atomic E-state index is 0.0989. The molecule has 0 aliphatic heterocycles. The number of hydrogen-bond acceptors (Lipinski definition) is 5. The molecule has 0 aliphatic carbocycles. The fourth-order valence-corrected chi connectivity index (χ4v) is 4.14. The number of aryl methyl sites for hydroxylation is 1. The highest BCUT2D eigenvalue weighted by atomic mass is 32.2. The SMILES string of the molecule is CN(CCCc1ccco1)S(=O)(=O)c1csc(C(N)=O)c1. The number of thiophene rings is 1. The molecule has 21 heavy (non-hydrogen) atoms. The van der Waals surface area contributed by atoms with Crippen molar-refractivity contribution >= 4 is 27.3 Å². The van der Waals surface area contributed by atoms with E-state index in [1.54, 1.807) is 12.3 Å². The van der Waals surface area contributed by atoms with Crippen LogP contribution in [0.1, 0.15) is 21.9 Å². The van der Waals surface area contributed by atoms with E-state index in [9.17, 15) is 13.2 Å². The third-order valence-electron chi connectivity index (χ3n) is 3.00. The van der Waals surface area contributed by atoms with E-state index in [2.05, 4.69) is 0 Å². The van der Waals surface area contributed by atoms with Crippen molar-refractivity contribution < 1.29 is 17.6 Å². The van der Waals surface area contributed by atoms with E-state index in [1.807, 2.05) is 6.07 Å². The molecule has 0 aromatic carbocycles. The first-order valence-electron chi connectivity index (χ1n) is 6.28. The van der Waals surface area contributed by atoms with Crippen LogP contribution in [0.25, 0.3) is 0 Å². The van der Waals surface area contributed by atoms with Crippen LogP contribution in [0.2, 0.25) is 0 Å². The molecule has 0 atom stereocenters. The lowest BCUT2D eigenvalue weighted by atomic mass is 10.2. The van der Waals surface area contributed by atoms with Gasteiger partial charge in [0.2, 0.25) is 10.0 Å². The van der Waals surface area contributed by atoms with Gasteiger partial charge in [0, 0.05) is 25.4 Å². The van der Waals surface area contributed by atoms with Crippen LogP contribution in [0.4, 0.5) is 0 Å². The van der Waals surface area contributed by atoms with Gasteiger partial charge in [-0.3, -0.25) is 4.79 Å². The van der Waals surface area contributed by atoms with Gasteiger partial charge >= 0.3 is 0 Å². The highest BCUT2D eigenvalue weighted by molar-refractivity contribution is 7.89. The number of carbonyl (C=O) groups is 1. The molecule has 0 fully saturated rings. The second kappa shape index (κ2) is 6.42. The Morgan fingerprint density at radius 2 is 2.24 bits per heavy atom. The lowest BCUT2D eigenvalue weighted by molar-refractivity contribution is 0.100. The quantitative estimate of drug-likeness (QED) is 0.837. The summed E-state index contributed by atoms with van der Waals surface area (Å²) in [7, 11) is -2.07. The summed E-state index contributed by atoms with van der Waals surface area (Å²) in [6.45, 7) is 0.366. The van der Waals surface area contributed by atoms with Crippen molar-refractivity contribution in [1.29, 1.82) is 0 Å². The molecule has 2 aromatic heterocycles. The number of nitrogens with zero attached hydrogens (tertiary/aromatic N) is 1. The highest BCUT2D eigenvalue weighted by Crippen LogP contribution is 2.22. The van der Waals surface area contributed by atoms with Gasteiger partial charge in [-0.05, 0) is 24.6 Å². The summed E-state index contributed by atoms with van der Waals surface area (Å²) in [6.07, 6.45) is 2.91. The van der Waals surface area contributed by atoms with Crippen molar-refractivity contribution in [3.05, 3.63) is 40.5 Å². The number of nitrogens with two attached hydrogens (primary N) is 1. The van der Waals surface area contributed by atoms with E-state index in [4.69, 9.17) is 10.2 Å². The van der Waals surface area contributed by atoms with Crippen molar-refractivity contribution in [2.24, 2.45) is 5.73 Å². The molecule has 2 aromatic rings. The van der Waals surface area contributed by atoms with Crippen LogP contribution in [0.3, 0.4) is 0 Å². The summed E-state index contributed by atoms with van der Waals surface area (Å²) in [5, 5.41) is 1.43. The lowest BCUT2D eigenvalue weighted by Gasteiger charge is -2.15. The van der Waals surface area contributed by atoms with Crippen LogP contribution in [0.15, 0.2) is 39.2 Å². The second-order valence-electron chi connectivity index (χ2n) is 4.52. The van der Waals surface area contributed by atoms with Crippen LogP contribution in [-0.4, -0.2) is 32.2 Å². The molecule has 2 rings (SSSR count). The third-order valence-corrected chi connectivity index (χ3v) is 5.93. The van der Waals surface area contributed by atoms with Gasteiger partial charge in [-0.1, -0.05) is 0 Å². The first-order chi connectivity index (χ1) is 9.91. The van der Waals surface area contributed by atoms with Gasteiger partial charge in [0.15, 0.2) is 0 Å². The normalized spacial score (nSPS) is 11.9. The Kier molecular flexibility index (Phi) is 4.81. The van der Waals surface area contributed by atoms with Crippen molar-refractivity contribution in [1.82, 2.24) is 4.31 Å². The van der Waals surface area contributed by atoms with E-state index in [1.165, 1.54) is 22.8 Å². The molecule has 0 spiro atoms. The Hall–Kier alpha value is -1.64. The molecule has 0 saturated carbocycles. The summed E-state index contributed by atoms with van der Waals surface area (Å²) < 4.78 is 31.1. The van der Waals surface area contributed by atoms with Gasteiger partial charge in [0.1, 0.15) is 5.76 Å². The number of rotatable bonds is 7. The average molecular weight is 328 g/mol. The number of primary amides is 1. The fourth-order valence-electron chi connectivity index (χ4n) is 1.81. The maximum absolute atomic E-state index is 12.3. The smallest absolute Gasteiger partial charge is 0.258 e. The van der Waals surface area contributed by atoms with Gasteiger partial charge in [-0.15, -0.1) is 11.3 Å². The fraction of sp³-hybridized carbons (Fsp3) is 0.308. The number of hydrogen-bond donors (Lipinski definition) is 1. The predicted molar refractivity (Wildman–Crippen MR) is 79.7 cm³/mol. The first-order valence-corrected chi connectivity index (χ1v) is 8.60. The van der Waals surface area contributed by atoms with Crippen molar-refractivity contribution in [2.75, 3.05) is 13.6 Å². The van der Waals surface area contributed by atoms with E-state index >= 15 is 0 Å². The van der Waals surface area contributed by atoms with Gasteiger partial charge in [-0.25, -0.2) is 12.7 Å². The van der Waals surface area contributed by atoms with E-state index < -0.39 is 15.9 Å². The molecule has 0 radical (unpaired) electrons. The largest absolute Gasteiger partial charge is 0.469 e. The molecule has 2 heterocycles. The Bertz CT molecular complexity index is 704. The maximum Gasteiger partial charge on any atom is 0.258 e. The van der Waals surface area contributed by atoms with Crippen LogP contribution in [0.5, 0.6) is 0 Å². The molecule has 2 N–H and O–H groups in total. The number of furan rings is 1. The average Bonchev–Trinajstić information content (AvgIpc) is 3.09. The molecular formula is C13H16N2O4S2. The van der Waals surface area contributed by atoms with Gasteiger partial charge < -0.3 is 10.2 Å². The molecular weight excluding hydrogens is 312 g/mol. The van der Waals surface area contributed by atoms with Crippen molar-refractivity contribution in [3.8, 4) is 0 Å². The maximum atomic E-state index is 12.3. The van der Waals surface area contributed by atoms with Gasteiger partial charge in [0.05, 0.1) is 16.0 Å². The zero-order valence-corrected chi connectivity index (χ0v) is 13.1. The molecule has 1 amide bonds. The zero-order valence-electron chi connectivity index (χ0n) is 11.5. The van der Waals surface area contributed by atoms with E-state index in [-0.39, 0.29) is 9.77 Å². The Balaban J connectivity index is 1.98. The van der Waals surface area contributed by atoms with Crippen LogP contribution >= 0.6 is 11.3 Å². The number of amides is 1. The third kappa shape index (κ3) is 3.72.